The van der Waals surface area contributed by atoms with Gasteiger partial charge in [-0.2, -0.15) is 26.3 Å². The number of rotatable bonds is 17. The molecule has 476 valence electrons. The van der Waals surface area contributed by atoms with Crippen LogP contribution in [0.5, 0.6) is 0 Å². The number of aromatic nitrogens is 8. The van der Waals surface area contributed by atoms with Gasteiger partial charge in [0.05, 0.1) is 23.5 Å². The smallest absolute Gasteiger partial charge is 0.369 e. The summed E-state index contributed by atoms with van der Waals surface area (Å²) in [6.45, 7) is 19.2. The van der Waals surface area contributed by atoms with Crippen LogP contribution in [0.15, 0.2) is 97.8 Å². The van der Waals surface area contributed by atoms with Gasteiger partial charge in [0.2, 0.25) is 11.9 Å². The first kappa shape index (κ1) is 62.2. The number of nitrogens with zero attached hydrogens (tertiary/aromatic N) is 14. The molecule has 91 heavy (non-hydrogen) atoms. The molecule has 4 aromatic carbocycles. The second-order valence-corrected chi connectivity index (χ2v) is 24.5. The van der Waals surface area contributed by atoms with Gasteiger partial charge in [-0.3, -0.25) is 19.4 Å². The zero-order chi connectivity index (χ0) is 63.7. The van der Waals surface area contributed by atoms with Crippen LogP contribution in [0.25, 0.3) is 22.1 Å². The standard InChI is InChI=1S/C65H72F6N18O2/c1-40(2)36-83-18-20-85(21-19-83)50-30-46(64(66,67)68)28-48(32-50)78-61(91)44-12-13-45(53(27-44)80-58-56-54(74-38-75-58)34-72-62(81-56)87-14-6-7-15-87)37-89-39-76-59(57-55(89)35-73-63(82-57)88-16-8-9-17-88)79-52-26-43(11-10-42(52)5)60(90)77-49-29-47(65(69,70)71)31-51(33-49)86-24-22-84(23-25-86)41(3)4/h10-13,26-35,38-41H,6-9,14-25,36-37H2,1-5H3,(H3,74,75,77,78,80,90,91)/p+1. The molecule has 4 aliphatic rings. The molecule has 0 radical (unpaired) electrons. The first-order valence-electron chi connectivity index (χ1n) is 31.0. The Bertz CT molecular complexity index is 3990. The van der Waals surface area contributed by atoms with Crippen molar-refractivity contribution >= 4 is 91.5 Å². The Hall–Kier alpha value is -9.04. The number of amides is 2. The Morgan fingerprint density at radius 2 is 1.09 bits per heavy atom. The first-order valence-corrected chi connectivity index (χ1v) is 31.0. The Labute approximate surface area is 523 Å². The van der Waals surface area contributed by atoms with E-state index in [0.29, 0.717) is 138 Å². The molecule has 4 N–H and O–H groups in total. The molecule has 0 bridgehead atoms. The minimum absolute atomic E-state index is 0.00989. The van der Waals surface area contributed by atoms with Gasteiger partial charge in [0, 0.05) is 142 Å². The molecule has 4 fully saturated rings. The molecule has 0 aliphatic carbocycles. The fourth-order valence-corrected chi connectivity index (χ4v) is 12.3. The van der Waals surface area contributed by atoms with Gasteiger partial charge in [-0.1, -0.05) is 26.0 Å². The van der Waals surface area contributed by atoms with Crippen LogP contribution < -0.4 is 45.4 Å². The number of alkyl halides is 6. The summed E-state index contributed by atoms with van der Waals surface area (Å²) >= 11 is 0. The fourth-order valence-electron chi connectivity index (χ4n) is 12.3. The van der Waals surface area contributed by atoms with Crippen LogP contribution in [-0.2, 0) is 18.9 Å². The van der Waals surface area contributed by atoms with Gasteiger partial charge < -0.3 is 40.9 Å². The summed E-state index contributed by atoms with van der Waals surface area (Å²) in [6.07, 6.45) is 0.911. The fraction of sp³-hybridized carbons (Fsp3) is 0.415. The highest BCUT2D eigenvalue weighted by molar-refractivity contribution is 6.06. The molecule has 0 unspecified atom stereocenters. The summed E-state index contributed by atoms with van der Waals surface area (Å²) in [6, 6.07) is 17.6. The second kappa shape index (κ2) is 26.1. The molecule has 4 aliphatic heterocycles. The van der Waals surface area contributed by atoms with E-state index in [1.807, 2.05) is 21.3 Å². The largest absolute Gasteiger partial charge is 0.416 e. The third-order valence-electron chi connectivity index (χ3n) is 17.3. The van der Waals surface area contributed by atoms with E-state index >= 15 is 0 Å². The van der Waals surface area contributed by atoms with E-state index in [2.05, 4.69) is 83.5 Å². The Morgan fingerprint density at radius 1 is 0.560 bits per heavy atom. The highest BCUT2D eigenvalue weighted by atomic mass is 19.4. The van der Waals surface area contributed by atoms with Crippen molar-refractivity contribution in [3.05, 3.63) is 131 Å². The lowest BCUT2D eigenvalue weighted by Gasteiger charge is -2.38. The average molecular weight is 1250 g/mol. The Morgan fingerprint density at radius 3 is 1.66 bits per heavy atom. The van der Waals surface area contributed by atoms with E-state index in [1.54, 1.807) is 67.3 Å². The van der Waals surface area contributed by atoms with Crippen molar-refractivity contribution in [3.63, 3.8) is 0 Å². The van der Waals surface area contributed by atoms with E-state index in [1.165, 1.54) is 6.33 Å². The third kappa shape index (κ3) is 14.3. The lowest BCUT2D eigenvalue weighted by Crippen LogP contribution is -2.49. The number of carbonyl (C=O) groups is 2. The number of aryl methyl sites for hydroxylation is 1. The van der Waals surface area contributed by atoms with Crippen molar-refractivity contribution < 1.29 is 40.5 Å². The van der Waals surface area contributed by atoms with Crippen LogP contribution in [0.4, 0.5) is 84.0 Å². The van der Waals surface area contributed by atoms with Gasteiger partial charge in [0.1, 0.15) is 23.9 Å². The molecule has 4 aromatic heterocycles. The van der Waals surface area contributed by atoms with Crippen molar-refractivity contribution in [3.8, 4) is 0 Å². The quantitative estimate of drug-likeness (QED) is 0.0496. The minimum Gasteiger partial charge on any atom is -0.369 e. The second-order valence-electron chi connectivity index (χ2n) is 24.5. The summed E-state index contributed by atoms with van der Waals surface area (Å²) in [5.74, 6) is 0.820. The van der Waals surface area contributed by atoms with Gasteiger partial charge in [-0.25, -0.2) is 34.5 Å². The van der Waals surface area contributed by atoms with E-state index in [0.717, 1.165) is 88.2 Å². The maximum Gasteiger partial charge on any atom is 0.416 e. The number of hydrogen-bond donors (Lipinski definition) is 4. The van der Waals surface area contributed by atoms with Crippen LogP contribution in [-0.4, -0.2) is 148 Å². The maximum absolute atomic E-state index is 14.6. The van der Waals surface area contributed by atoms with Gasteiger partial charge in [0.25, 0.3) is 24.0 Å². The van der Waals surface area contributed by atoms with Crippen LogP contribution >= 0.6 is 0 Å². The summed E-state index contributed by atoms with van der Waals surface area (Å²) in [7, 11) is 0. The van der Waals surface area contributed by atoms with Crippen LogP contribution in [0, 0.1) is 12.8 Å². The third-order valence-corrected chi connectivity index (χ3v) is 17.3. The zero-order valence-corrected chi connectivity index (χ0v) is 51.5. The van der Waals surface area contributed by atoms with E-state index < -0.39 is 35.3 Å². The minimum atomic E-state index is -4.68. The molecule has 12 rings (SSSR count). The van der Waals surface area contributed by atoms with E-state index in [-0.39, 0.29) is 29.0 Å². The molecular weight excluding hydrogens is 1180 g/mol. The topological polar surface area (TPSA) is 196 Å². The first-order chi connectivity index (χ1) is 43.6. The van der Waals surface area contributed by atoms with Crippen LogP contribution in [0.2, 0.25) is 0 Å². The number of benzene rings is 4. The summed E-state index contributed by atoms with van der Waals surface area (Å²) in [5.41, 5.74) is 3.41. The van der Waals surface area contributed by atoms with Gasteiger partial charge >= 0.3 is 12.4 Å². The van der Waals surface area contributed by atoms with Gasteiger partial charge in [0.15, 0.2) is 16.9 Å². The normalized spacial score (nSPS) is 16.2. The van der Waals surface area contributed by atoms with Crippen molar-refractivity contribution in [2.45, 2.75) is 85.2 Å². The zero-order valence-electron chi connectivity index (χ0n) is 51.5. The molecule has 0 atom stereocenters. The van der Waals surface area contributed by atoms with Crippen molar-refractivity contribution in [2.75, 3.05) is 126 Å². The molecule has 0 saturated carbocycles. The van der Waals surface area contributed by atoms with Gasteiger partial charge in [-0.15, -0.1) is 0 Å². The number of halogens is 6. The molecule has 2 amide bonds. The maximum atomic E-state index is 14.6. The highest BCUT2D eigenvalue weighted by Crippen LogP contribution is 2.38. The SMILES string of the molecule is Cc1ccc(C(=O)Nc2cc(N3CCN(C(C)C)CC3)cc(C(F)(F)F)c2)cc1Nc1nc[n+](Cc2ccc(C(=O)Nc3cc(N4CCN(CC(C)C)CC4)cc(C(F)(F)F)c3)cc2Nc2ncnc3cnc(N4CCCC4)nc23)c2cnc(N3CCCC3)nc12. The molecule has 26 heteroatoms. The summed E-state index contributed by atoms with van der Waals surface area (Å²) in [4.78, 5) is 74.7. The number of hydrogen-bond acceptors (Lipinski definition) is 17. The van der Waals surface area contributed by atoms with Crippen molar-refractivity contribution in [1.82, 2.24) is 44.7 Å². The molecular formula is C65H73F6N18O2+. The molecule has 8 aromatic rings. The predicted octanol–water partition coefficient (Wildman–Crippen LogP) is 10.9. The van der Waals surface area contributed by atoms with E-state index in [9.17, 15) is 35.9 Å². The summed E-state index contributed by atoms with van der Waals surface area (Å²) in [5, 5.41) is 12.4. The Kier molecular flexibility index (Phi) is 17.8. The summed E-state index contributed by atoms with van der Waals surface area (Å²) < 4.78 is 88.8. The number of piperazine rings is 2. The van der Waals surface area contributed by atoms with Crippen LogP contribution in [0.3, 0.4) is 0 Å². The van der Waals surface area contributed by atoms with Gasteiger partial charge in [-0.05, 0) is 124 Å². The van der Waals surface area contributed by atoms with Crippen molar-refractivity contribution in [1.29, 1.82) is 0 Å². The molecule has 4 saturated heterocycles. The van der Waals surface area contributed by atoms with E-state index in [4.69, 9.17) is 19.9 Å². The Balaban J connectivity index is 0.869. The van der Waals surface area contributed by atoms with Crippen molar-refractivity contribution in [2.24, 2.45) is 5.92 Å². The van der Waals surface area contributed by atoms with Crippen LogP contribution in [0.1, 0.15) is 96.3 Å². The lowest BCUT2D eigenvalue weighted by molar-refractivity contribution is -0.665. The number of nitrogens with one attached hydrogen (secondary N) is 4. The molecule has 0 spiro atoms. The number of anilines is 10. The lowest BCUT2D eigenvalue weighted by atomic mass is 10.1. The highest BCUT2D eigenvalue weighted by Gasteiger charge is 2.35. The predicted molar refractivity (Wildman–Crippen MR) is 340 cm³/mol. The number of carbonyl (C=O) groups excluding carboxylic acids is 2. The monoisotopic (exact) mass is 1250 g/mol. The average Bonchev–Trinajstić information content (AvgIpc) is 1.45. The number of fused-ring (bicyclic) bond motifs is 2. The molecule has 20 nitrogen and oxygen atoms in total. The molecule has 8 heterocycles.